The minimum Gasteiger partial charge on any atom is -0.494 e. The van der Waals surface area contributed by atoms with E-state index in [9.17, 15) is 14.3 Å². The van der Waals surface area contributed by atoms with Crippen molar-refractivity contribution >= 4 is 28.2 Å². The minimum atomic E-state index is -0.627. The van der Waals surface area contributed by atoms with E-state index in [1.54, 1.807) is 18.2 Å². The number of likely N-dealkylation sites (tertiary alicyclic amines) is 1. The highest BCUT2D eigenvalue weighted by atomic mass is 19.1. The number of aliphatic imine (C=N–C) groups is 1. The fraction of sp³-hybridized carbons (Fsp3) is 0.241. The molecule has 0 radical (unpaired) electrons. The summed E-state index contributed by atoms with van der Waals surface area (Å²) in [5.41, 5.74) is 5.07. The Morgan fingerprint density at radius 1 is 1.00 bits per heavy atom. The average Bonchev–Trinajstić information content (AvgIpc) is 3.53. The molecule has 3 N–H and O–H groups in total. The molecule has 1 aromatic heterocycles. The zero-order chi connectivity index (χ0) is 24.9. The van der Waals surface area contributed by atoms with Crippen molar-refractivity contribution in [3.05, 3.63) is 95.1 Å². The molecule has 1 aliphatic rings. The summed E-state index contributed by atoms with van der Waals surface area (Å²) < 4.78 is 12.5. The number of aromatic amines is 1. The maximum Gasteiger partial charge on any atom is 0.251 e. The molecule has 184 valence electrons. The molecule has 0 aliphatic carbocycles. The van der Waals surface area contributed by atoms with Gasteiger partial charge in [0.05, 0.1) is 17.0 Å². The van der Waals surface area contributed by atoms with E-state index in [0.717, 1.165) is 36.3 Å². The van der Waals surface area contributed by atoms with Crippen molar-refractivity contribution in [2.24, 2.45) is 4.99 Å². The first-order valence-electron chi connectivity index (χ1n) is 12.3. The lowest BCUT2D eigenvalue weighted by Gasteiger charge is -2.14. The summed E-state index contributed by atoms with van der Waals surface area (Å²) in [6.07, 6.45) is 2.53. The molecule has 3 aromatic carbocycles. The van der Waals surface area contributed by atoms with Crippen LogP contribution < -0.4 is 5.32 Å². The SMILES string of the molecule is O=C(NCCF)c1ccc2c(C(=Nc3ccc(CN4CCCC4)cc3)c3ccccc3)c(O)[nH]c2c1. The number of benzene rings is 3. The number of nitrogens with zero attached hydrogens (tertiary/aromatic N) is 2. The van der Waals surface area contributed by atoms with Crippen molar-refractivity contribution < 1.29 is 14.3 Å². The fourth-order valence-electron chi connectivity index (χ4n) is 4.69. The number of aromatic hydroxyl groups is 1. The Balaban J connectivity index is 1.52. The lowest BCUT2D eigenvalue weighted by atomic mass is 10.00. The largest absolute Gasteiger partial charge is 0.494 e. The maximum absolute atomic E-state index is 12.5. The van der Waals surface area contributed by atoms with Crippen LogP contribution in [-0.2, 0) is 6.54 Å². The standard InChI is InChI=1S/C29H29FN4O2/c30-14-15-31-28(35)22-10-13-24-25(18-22)33-29(36)26(24)27(21-6-2-1-3-7-21)32-23-11-8-20(9-12-23)19-34-16-4-5-17-34/h1-3,6-13,18,33,36H,4-5,14-17,19H2,(H,31,35). The van der Waals surface area contributed by atoms with Crippen LogP contribution in [0.15, 0.2) is 77.8 Å². The molecule has 1 amide bonds. The van der Waals surface area contributed by atoms with Crippen molar-refractivity contribution in [2.45, 2.75) is 19.4 Å². The Hall–Kier alpha value is -3.97. The second-order valence-corrected chi connectivity index (χ2v) is 9.03. The van der Waals surface area contributed by atoms with Gasteiger partial charge in [-0.3, -0.25) is 9.69 Å². The third kappa shape index (κ3) is 5.16. The summed E-state index contributed by atoms with van der Waals surface area (Å²) in [6.45, 7) is 2.57. The van der Waals surface area contributed by atoms with Gasteiger partial charge in [0.2, 0.25) is 0 Å². The van der Waals surface area contributed by atoms with Gasteiger partial charge in [-0.1, -0.05) is 48.5 Å². The first-order valence-corrected chi connectivity index (χ1v) is 12.3. The van der Waals surface area contributed by atoms with Crippen LogP contribution >= 0.6 is 0 Å². The van der Waals surface area contributed by atoms with E-state index in [4.69, 9.17) is 4.99 Å². The smallest absolute Gasteiger partial charge is 0.251 e. The minimum absolute atomic E-state index is 0.0282. The molecule has 0 atom stereocenters. The first-order chi connectivity index (χ1) is 17.6. The van der Waals surface area contributed by atoms with Gasteiger partial charge in [0.1, 0.15) is 6.67 Å². The molecule has 0 bridgehead atoms. The number of amides is 1. The normalized spacial score (nSPS) is 14.4. The van der Waals surface area contributed by atoms with E-state index in [2.05, 4.69) is 27.3 Å². The van der Waals surface area contributed by atoms with Crippen molar-refractivity contribution in [2.75, 3.05) is 26.3 Å². The summed E-state index contributed by atoms with van der Waals surface area (Å²) in [6, 6.07) is 23.1. The zero-order valence-corrected chi connectivity index (χ0v) is 20.0. The predicted molar refractivity (Wildman–Crippen MR) is 141 cm³/mol. The van der Waals surface area contributed by atoms with E-state index >= 15 is 0 Å². The topological polar surface area (TPSA) is 80.7 Å². The number of hydrogen-bond donors (Lipinski definition) is 3. The van der Waals surface area contributed by atoms with Gasteiger partial charge >= 0.3 is 0 Å². The van der Waals surface area contributed by atoms with E-state index in [-0.39, 0.29) is 18.3 Å². The Labute approximate surface area is 209 Å². The van der Waals surface area contributed by atoms with Crippen LogP contribution in [0.25, 0.3) is 10.9 Å². The van der Waals surface area contributed by atoms with Gasteiger partial charge in [0.25, 0.3) is 5.91 Å². The number of rotatable bonds is 8. The van der Waals surface area contributed by atoms with Gasteiger partial charge in [0.15, 0.2) is 5.88 Å². The molecule has 5 rings (SSSR count). The van der Waals surface area contributed by atoms with E-state index in [1.165, 1.54) is 18.4 Å². The highest BCUT2D eigenvalue weighted by molar-refractivity contribution is 6.22. The Bertz CT molecular complexity index is 1370. The van der Waals surface area contributed by atoms with Gasteiger partial charge < -0.3 is 15.4 Å². The quantitative estimate of drug-likeness (QED) is 0.296. The number of carbonyl (C=O) groups excluding carboxylic acids is 1. The number of H-pyrrole nitrogens is 1. The Morgan fingerprint density at radius 2 is 1.75 bits per heavy atom. The predicted octanol–water partition coefficient (Wildman–Crippen LogP) is 5.34. The molecule has 4 aromatic rings. The Morgan fingerprint density at radius 3 is 2.47 bits per heavy atom. The van der Waals surface area contributed by atoms with Crippen molar-refractivity contribution in [3.8, 4) is 5.88 Å². The molecule has 1 fully saturated rings. The van der Waals surface area contributed by atoms with Crippen LogP contribution in [0.1, 0.15) is 39.9 Å². The molecule has 0 saturated carbocycles. The third-order valence-corrected chi connectivity index (χ3v) is 6.49. The van der Waals surface area contributed by atoms with Crippen LogP contribution in [0.5, 0.6) is 5.88 Å². The van der Waals surface area contributed by atoms with Gasteiger partial charge in [-0.05, 0) is 55.8 Å². The molecule has 2 heterocycles. The summed E-state index contributed by atoms with van der Waals surface area (Å²) in [5, 5.41) is 14.2. The molecule has 0 unspecified atom stereocenters. The van der Waals surface area contributed by atoms with E-state index in [0.29, 0.717) is 22.4 Å². The molecule has 1 aliphatic heterocycles. The molecule has 0 spiro atoms. The van der Waals surface area contributed by atoms with Gasteiger partial charge in [0, 0.05) is 35.1 Å². The van der Waals surface area contributed by atoms with Gasteiger partial charge in [-0.25, -0.2) is 9.38 Å². The summed E-state index contributed by atoms with van der Waals surface area (Å²) in [7, 11) is 0. The molecule has 6 nitrogen and oxygen atoms in total. The first kappa shape index (κ1) is 23.8. The average molecular weight is 485 g/mol. The highest BCUT2D eigenvalue weighted by Crippen LogP contribution is 2.32. The van der Waals surface area contributed by atoms with Crippen LogP contribution in [0.3, 0.4) is 0 Å². The number of halogens is 1. The number of hydrogen-bond acceptors (Lipinski definition) is 4. The van der Waals surface area contributed by atoms with Crippen LogP contribution in [0.2, 0.25) is 0 Å². The number of fused-ring (bicyclic) bond motifs is 1. The number of alkyl halides is 1. The fourth-order valence-corrected chi connectivity index (χ4v) is 4.69. The molecular formula is C29H29FN4O2. The molecule has 7 heteroatoms. The zero-order valence-electron chi connectivity index (χ0n) is 20.0. The molecular weight excluding hydrogens is 455 g/mol. The number of carbonyl (C=O) groups is 1. The number of aromatic nitrogens is 1. The second kappa shape index (κ2) is 10.7. The van der Waals surface area contributed by atoms with Crippen LogP contribution in [0.4, 0.5) is 10.1 Å². The summed E-state index contributed by atoms with van der Waals surface area (Å²) >= 11 is 0. The monoisotopic (exact) mass is 484 g/mol. The summed E-state index contributed by atoms with van der Waals surface area (Å²) in [4.78, 5) is 22.7. The second-order valence-electron chi connectivity index (χ2n) is 9.03. The van der Waals surface area contributed by atoms with E-state index < -0.39 is 6.67 Å². The lowest BCUT2D eigenvalue weighted by Crippen LogP contribution is -2.25. The highest BCUT2D eigenvalue weighted by Gasteiger charge is 2.20. The summed E-state index contributed by atoms with van der Waals surface area (Å²) in [5.74, 6) is -0.393. The van der Waals surface area contributed by atoms with Gasteiger partial charge in [-0.2, -0.15) is 0 Å². The van der Waals surface area contributed by atoms with Crippen molar-refractivity contribution in [1.29, 1.82) is 0 Å². The maximum atomic E-state index is 12.5. The third-order valence-electron chi connectivity index (χ3n) is 6.49. The van der Waals surface area contributed by atoms with Crippen LogP contribution in [-0.4, -0.2) is 52.9 Å². The molecule has 1 saturated heterocycles. The van der Waals surface area contributed by atoms with Gasteiger partial charge in [-0.15, -0.1) is 0 Å². The lowest BCUT2D eigenvalue weighted by molar-refractivity contribution is 0.0951. The van der Waals surface area contributed by atoms with Crippen LogP contribution in [0, 0.1) is 0 Å². The Kier molecular flexibility index (Phi) is 7.09. The number of nitrogens with one attached hydrogen (secondary N) is 2. The van der Waals surface area contributed by atoms with E-state index in [1.807, 2.05) is 42.5 Å². The van der Waals surface area contributed by atoms with Crippen molar-refractivity contribution in [3.63, 3.8) is 0 Å². The van der Waals surface area contributed by atoms with Crippen molar-refractivity contribution in [1.82, 2.24) is 15.2 Å². The molecule has 36 heavy (non-hydrogen) atoms.